The highest BCUT2D eigenvalue weighted by Gasteiger charge is 2.22. The third-order valence-corrected chi connectivity index (χ3v) is 8.21. The smallest absolute Gasteiger partial charge is 0.0618 e. The van der Waals surface area contributed by atoms with E-state index in [1.807, 2.05) is 11.3 Å². The van der Waals surface area contributed by atoms with Crippen molar-refractivity contribution in [3.63, 3.8) is 0 Å². The van der Waals surface area contributed by atoms with Crippen molar-refractivity contribution in [2.24, 2.45) is 0 Å². The number of benzene rings is 6. The zero-order valence-corrected chi connectivity index (χ0v) is 21.6. The minimum atomic E-state index is 1.13. The molecule has 0 unspecified atom stereocenters. The van der Waals surface area contributed by atoms with Crippen molar-refractivity contribution in [1.82, 2.24) is 0 Å². The van der Waals surface area contributed by atoms with E-state index < -0.39 is 0 Å². The lowest BCUT2D eigenvalue weighted by atomic mass is 9.94. The minimum absolute atomic E-state index is 1.13. The molecule has 1 aromatic heterocycles. The van der Waals surface area contributed by atoms with Crippen LogP contribution in [0.15, 0.2) is 152 Å². The van der Waals surface area contributed by atoms with E-state index in [0.29, 0.717) is 0 Å². The van der Waals surface area contributed by atoms with E-state index in [0.717, 1.165) is 11.4 Å². The first-order valence-electron chi connectivity index (χ1n) is 12.9. The van der Waals surface area contributed by atoms with Gasteiger partial charge in [0.2, 0.25) is 0 Å². The first-order valence-corrected chi connectivity index (χ1v) is 13.7. The molecule has 0 amide bonds. The molecule has 0 atom stereocenters. The Bertz CT molecular complexity index is 1800. The fourth-order valence-corrected chi connectivity index (χ4v) is 6.41. The summed E-state index contributed by atoms with van der Waals surface area (Å²) in [6.45, 7) is 0. The van der Waals surface area contributed by atoms with Gasteiger partial charge in [-0.05, 0) is 47.5 Å². The van der Waals surface area contributed by atoms with Crippen LogP contribution in [0.2, 0.25) is 0 Å². The molecule has 0 aliphatic heterocycles. The maximum Gasteiger partial charge on any atom is 0.0618 e. The molecular weight excluding hydrogens is 478 g/mol. The number of rotatable bonds is 5. The van der Waals surface area contributed by atoms with Crippen LogP contribution < -0.4 is 4.90 Å². The molecule has 38 heavy (non-hydrogen) atoms. The van der Waals surface area contributed by atoms with E-state index in [9.17, 15) is 0 Å². The second-order valence-electron chi connectivity index (χ2n) is 9.38. The van der Waals surface area contributed by atoms with Gasteiger partial charge in [0.1, 0.15) is 0 Å². The van der Waals surface area contributed by atoms with E-state index >= 15 is 0 Å². The first kappa shape index (κ1) is 22.5. The predicted molar refractivity (Wildman–Crippen MR) is 165 cm³/mol. The summed E-state index contributed by atoms with van der Waals surface area (Å²) in [6.07, 6.45) is 0. The van der Waals surface area contributed by atoms with Gasteiger partial charge in [0.15, 0.2) is 0 Å². The van der Waals surface area contributed by atoms with Gasteiger partial charge in [0.25, 0.3) is 0 Å². The van der Waals surface area contributed by atoms with Crippen molar-refractivity contribution >= 4 is 48.6 Å². The van der Waals surface area contributed by atoms with Crippen LogP contribution in [0.1, 0.15) is 0 Å². The van der Waals surface area contributed by atoms with Crippen LogP contribution in [0, 0.1) is 0 Å². The number of fused-ring (bicyclic) bond motifs is 3. The summed E-state index contributed by atoms with van der Waals surface area (Å²) in [6, 6.07) is 54.4. The molecule has 0 saturated carbocycles. The fourth-order valence-electron chi connectivity index (χ4n) is 5.32. The van der Waals surface area contributed by atoms with Crippen LogP contribution in [0.25, 0.3) is 42.4 Å². The lowest BCUT2D eigenvalue weighted by Gasteiger charge is -2.30. The Labute approximate surface area is 226 Å². The van der Waals surface area contributed by atoms with Gasteiger partial charge in [0.05, 0.1) is 5.69 Å². The maximum atomic E-state index is 2.43. The number of hydrogen-bond acceptors (Lipinski definition) is 2. The summed E-state index contributed by atoms with van der Waals surface area (Å²) < 4.78 is 2.63. The third kappa shape index (κ3) is 3.96. The molecule has 2 heteroatoms. The van der Waals surface area contributed by atoms with Crippen molar-refractivity contribution < 1.29 is 0 Å². The highest BCUT2D eigenvalue weighted by molar-refractivity contribution is 7.25. The molecule has 6 aromatic carbocycles. The second-order valence-corrected chi connectivity index (χ2v) is 10.5. The molecule has 0 saturated heterocycles. The normalized spacial score (nSPS) is 11.2. The Kier molecular flexibility index (Phi) is 5.73. The molecule has 0 N–H and O–H groups in total. The van der Waals surface area contributed by atoms with Crippen LogP contribution in [-0.4, -0.2) is 0 Å². The van der Waals surface area contributed by atoms with Crippen LogP contribution in [0.5, 0.6) is 0 Å². The molecule has 7 rings (SSSR count). The summed E-state index contributed by atoms with van der Waals surface area (Å²) >= 11 is 1.86. The fraction of sp³-hybridized carbons (Fsp3) is 0. The Morgan fingerprint density at radius 3 is 1.61 bits per heavy atom. The van der Waals surface area contributed by atoms with Gasteiger partial charge in [-0.1, -0.05) is 115 Å². The molecule has 0 radical (unpaired) electrons. The number of nitrogens with zero attached hydrogens (tertiary/aromatic N) is 1. The maximum absolute atomic E-state index is 2.43. The molecule has 0 spiro atoms. The Hall–Kier alpha value is -4.66. The molecule has 0 aliphatic carbocycles. The summed E-state index contributed by atoms with van der Waals surface area (Å²) in [7, 11) is 0. The number of anilines is 3. The topological polar surface area (TPSA) is 3.24 Å². The van der Waals surface area contributed by atoms with Gasteiger partial charge in [-0.2, -0.15) is 0 Å². The second kappa shape index (κ2) is 9.66. The molecule has 0 fully saturated rings. The minimum Gasteiger partial charge on any atom is -0.309 e. The summed E-state index contributed by atoms with van der Waals surface area (Å²) in [5.74, 6) is 0. The standard InChI is InChI=1S/C36H25NS/c1-4-13-26(14-5-1)30-20-12-21-31(27-15-6-2-7-16-27)36(30)37(28-17-8-3-9-18-28)29-23-24-35-33(25-29)32-19-10-11-22-34(32)38-35/h1-25H. The van der Waals surface area contributed by atoms with E-state index in [4.69, 9.17) is 0 Å². The molecule has 0 bridgehead atoms. The van der Waals surface area contributed by atoms with Gasteiger partial charge < -0.3 is 4.90 Å². The SMILES string of the molecule is c1ccc(-c2cccc(-c3ccccc3)c2N(c2ccccc2)c2ccc3sc4ccccc4c3c2)cc1. The van der Waals surface area contributed by atoms with Crippen molar-refractivity contribution in [2.45, 2.75) is 0 Å². The summed E-state index contributed by atoms with van der Waals surface area (Å²) in [5.41, 5.74) is 8.25. The number of hydrogen-bond donors (Lipinski definition) is 0. The average molecular weight is 504 g/mol. The van der Waals surface area contributed by atoms with Gasteiger partial charge in [-0.15, -0.1) is 11.3 Å². The quantitative estimate of drug-likeness (QED) is 0.226. The highest BCUT2D eigenvalue weighted by Crippen LogP contribution is 2.47. The van der Waals surface area contributed by atoms with E-state index in [1.54, 1.807) is 0 Å². The zero-order chi connectivity index (χ0) is 25.3. The molecule has 1 nitrogen and oxygen atoms in total. The van der Waals surface area contributed by atoms with Gasteiger partial charge >= 0.3 is 0 Å². The monoisotopic (exact) mass is 503 g/mol. The zero-order valence-electron chi connectivity index (χ0n) is 20.8. The lowest BCUT2D eigenvalue weighted by molar-refractivity contribution is 1.29. The van der Waals surface area contributed by atoms with Crippen LogP contribution in [0.3, 0.4) is 0 Å². The van der Waals surface area contributed by atoms with Crippen molar-refractivity contribution in [3.05, 3.63) is 152 Å². The Morgan fingerprint density at radius 1 is 0.395 bits per heavy atom. The first-order chi connectivity index (χ1) is 18.9. The van der Waals surface area contributed by atoms with Crippen molar-refractivity contribution in [2.75, 3.05) is 4.90 Å². The van der Waals surface area contributed by atoms with E-state index in [1.165, 1.54) is 48.1 Å². The number of para-hydroxylation sites is 2. The van der Waals surface area contributed by atoms with Gasteiger partial charge in [0, 0.05) is 42.7 Å². The molecule has 180 valence electrons. The predicted octanol–water partition coefficient (Wildman–Crippen LogP) is 10.9. The van der Waals surface area contributed by atoms with Crippen LogP contribution >= 0.6 is 11.3 Å². The summed E-state index contributed by atoms with van der Waals surface area (Å²) in [4.78, 5) is 2.43. The average Bonchev–Trinajstić information content (AvgIpc) is 3.37. The third-order valence-electron chi connectivity index (χ3n) is 7.06. The molecule has 7 aromatic rings. The Morgan fingerprint density at radius 2 is 0.947 bits per heavy atom. The van der Waals surface area contributed by atoms with E-state index in [-0.39, 0.29) is 0 Å². The van der Waals surface area contributed by atoms with Gasteiger partial charge in [-0.3, -0.25) is 0 Å². The molecule has 1 heterocycles. The lowest BCUT2D eigenvalue weighted by Crippen LogP contribution is -2.12. The largest absolute Gasteiger partial charge is 0.309 e. The number of thiophene rings is 1. The van der Waals surface area contributed by atoms with Gasteiger partial charge in [-0.25, -0.2) is 0 Å². The van der Waals surface area contributed by atoms with Crippen LogP contribution in [0.4, 0.5) is 17.1 Å². The van der Waals surface area contributed by atoms with E-state index in [2.05, 4.69) is 157 Å². The summed E-state index contributed by atoms with van der Waals surface area (Å²) in [5, 5.41) is 2.60. The van der Waals surface area contributed by atoms with Crippen molar-refractivity contribution in [1.29, 1.82) is 0 Å². The Balaban J connectivity index is 1.56. The van der Waals surface area contributed by atoms with Crippen molar-refractivity contribution in [3.8, 4) is 22.3 Å². The highest BCUT2D eigenvalue weighted by atomic mass is 32.1. The molecular formula is C36H25NS. The van der Waals surface area contributed by atoms with Crippen LogP contribution in [-0.2, 0) is 0 Å². The molecule has 0 aliphatic rings.